The fourth-order valence-corrected chi connectivity index (χ4v) is 12.4. The number of nitrogens with zero attached hydrogens (tertiary/aromatic N) is 10. The molecular formula is C41H50Cl2N12O21P4. The van der Waals surface area contributed by atoms with Gasteiger partial charge in [0.1, 0.15) is 56.3 Å². The van der Waals surface area contributed by atoms with Crippen molar-refractivity contribution in [2.45, 2.75) is 63.8 Å². The maximum Gasteiger partial charge on any atom is 0.481 e. The standard InChI is InChI=1S/C22H26ClN7O10P2.C19H24ClN5O11P2/c1-13-16(10-38-42(35,36)40-41(33,34)29-7-6-25-11-29)39-21(18(13)31)30-12-28(17-19(30)26-22(24)27-20(17)32)8-9-37-15-4-2-14(23)3-5-15;1-10-13(8-34-38(31,32)36-37(28,29)30)35-18(15(10)26)25-9-24(14-16(25)22-19(21)23-17(14)27)6-7-33-12-4-2-11(20)3-5-12/h2-7,11-13,16,18,21,31H,8-10H2,1H3,(H4-,24,26,27,32,33,34,35,36);2-5,9-10,13,15,18,26H,6-8H2,1H3,(H5-,21,22,23,27,28,29,30,31,32)/t13-,16-,18-,21-;10-,13-,15-,18-/m11/s1. The molecule has 2 fully saturated rings. The van der Waals surface area contributed by atoms with Gasteiger partial charge in [0.15, 0.2) is 23.7 Å². The summed E-state index contributed by atoms with van der Waals surface area (Å²) in [5.41, 5.74) is 11.7. The summed E-state index contributed by atoms with van der Waals surface area (Å²) in [4.78, 5) is 66.4. The predicted molar refractivity (Wildman–Crippen MR) is 268 cm³/mol. The van der Waals surface area contributed by atoms with Gasteiger partial charge in [-0.25, -0.2) is 46.7 Å². The number of halogens is 2. The number of rotatable bonds is 21. The molecular weight excluding hydrogens is 1190 g/mol. The summed E-state index contributed by atoms with van der Waals surface area (Å²) in [5.74, 6) is -2.18. The fraction of sp³-hybridized carbons (Fsp3) is 0.390. The molecule has 0 amide bonds. The van der Waals surface area contributed by atoms with E-state index in [2.05, 4.69) is 38.1 Å². The van der Waals surface area contributed by atoms with Crippen LogP contribution in [-0.2, 0) is 58.5 Å². The van der Waals surface area contributed by atoms with Crippen molar-refractivity contribution in [3.63, 3.8) is 0 Å². The number of phosphoric acid groups is 3. The van der Waals surface area contributed by atoms with Crippen molar-refractivity contribution in [1.82, 2.24) is 38.4 Å². The lowest BCUT2D eigenvalue weighted by molar-refractivity contribution is -0.746. The highest BCUT2D eigenvalue weighted by Crippen LogP contribution is 2.61. The minimum absolute atomic E-state index is 0.0597. The number of hydrogen-bond acceptors (Lipinski definition) is 23. The third-order valence-corrected chi connectivity index (χ3v) is 17.8. The number of ether oxygens (including phenoxy) is 4. The quantitative estimate of drug-likeness (QED) is 0.0361. The topological polar surface area (TPSA) is 469 Å². The summed E-state index contributed by atoms with van der Waals surface area (Å²) in [6.45, 7) is 2.57. The van der Waals surface area contributed by atoms with Crippen LogP contribution in [0.25, 0.3) is 22.3 Å². The van der Waals surface area contributed by atoms with Crippen LogP contribution >= 0.6 is 54.4 Å². The number of nitrogen functional groups attached to an aromatic ring is 2. The van der Waals surface area contributed by atoms with E-state index in [-0.39, 0.29) is 60.5 Å². The second-order valence-electron chi connectivity index (χ2n) is 17.6. The largest absolute Gasteiger partial charge is 0.856 e. The Kier molecular flexibility index (Phi) is 18.6. The molecule has 5 aromatic heterocycles. The highest BCUT2D eigenvalue weighted by molar-refractivity contribution is 7.63. The number of phosphoric ester groups is 2. The van der Waals surface area contributed by atoms with Gasteiger partial charge < -0.3 is 75.3 Å². The van der Waals surface area contributed by atoms with Gasteiger partial charge in [-0.1, -0.05) is 47.0 Å². The van der Waals surface area contributed by atoms with Gasteiger partial charge in [0, 0.05) is 46.0 Å². The zero-order valence-electron chi connectivity index (χ0n) is 41.4. The number of benzene rings is 2. The molecule has 0 aliphatic carbocycles. The van der Waals surface area contributed by atoms with Gasteiger partial charge in [0.05, 0.1) is 25.4 Å². The lowest BCUT2D eigenvalue weighted by Crippen LogP contribution is -2.45. The van der Waals surface area contributed by atoms with Crippen LogP contribution in [0, 0.1) is 11.8 Å². The Balaban J connectivity index is 0.000000211. The molecule has 3 unspecified atom stereocenters. The molecule has 33 nitrogen and oxygen atoms in total. The van der Waals surface area contributed by atoms with Crippen LogP contribution < -0.4 is 40.3 Å². The predicted octanol–water partition coefficient (Wildman–Crippen LogP) is 1.21. The average Bonchev–Trinajstić information content (AvgIpc) is 4.23. The molecule has 9 rings (SSSR count). The summed E-state index contributed by atoms with van der Waals surface area (Å²) < 4.78 is 94.9. The number of fused-ring (bicyclic) bond motifs is 2. The Morgan fingerprint density at radius 1 is 0.662 bits per heavy atom. The molecule has 2 aliphatic heterocycles. The first kappa shape index (κ1) is 60.6. The molecule has 2 saturated heterocycles. The van der Waals surface area contributed by atoms with E-state index in [4.69, 9.17) is 67.9 Å². The summed E-state index contributed by atoms with van der Waals surface area (Å²) in [5, 5.41) is 48.4. The second kappa shape index (κ2) is 24.5. The van der Waals surface area contributed by atoms with E-state index in [0.29, 0.717) is 25.9 Å². The van der Waals surface area contributed by atoms with E-state index in [0.717, 1.165) is 12.5 Å². The molecule has 7 aromatic rings. The van der Waals surface area contributed by atoms with E-state index in [1.165, 1.54) is 37.1 Å². The number of imidazole rings is 3. The van der Waals surface area contributed by atoms with Crippen LogP contribution in [0.3, 0.4) is 0 Å². The Labute approximate surface area is 461 Å². The van der Waals surface area contributed by atoms with Crippen molar-refractivity contribution in [2.24, 2.45) is 11.8 Å². The summed E-state index contributed by atoms with van der Waals surface area (Å²) in [7, 11) is -20.3. The summed E-state index contributed by atoms with van der Waals surface area (Å²) in [6, 6.07) is 13.4. The summed E-state index contributed by atoms with van der Waals surface area (Å²) in [6.07, 6.45) is -0.544. The van der Waals surface area contributed by atoms with Crippen molar-refractivity contribution >= 4 is 88.6 Å². The van der Waals surface area contributed by atoms with Crippen LogP contribution in [0.2, 0.25) is 10.0 Å². The van der Waals surface area contributed by atoms with Crippen molar-refractivity contribution in [3.05, 3.63) is 90.0 Å². The van der Waals surface area contributed by atoms with Gasteiger partial charge in [0.2, 0.25) is 12.5 Å². The number of aromatic nitrogens is 10. The molecule has 2 aliphatic rings. The van der Waals surface area contributed by atoms with Gasteiger partial charge in [-0.3, -0.25) is 18.2 Å². The molecule has 434 valence electrons. The molecule has 0 saturated carbocycles. The third-order valence-electron chi connectivity index (χ3n) is 12.1. The monoisotopic (exact) mass is 1240 g/mol. The SMILES string of the molecule is C[C@H]1[C@@H](O)[C@H]([n+]2cn(CCOc3ccc(Cl)cc3)c3c([O-])nc(N)nc32)O[C@@H]1COP(=O)(O)OP(=O)(O)O.C[C@H]1[C@@H](O)[C@H]([n+]2cn(CCOc3ccc(Cl)cc3)c3c([O-])nc(N)nc32)O[C@@H]1COP(=O)(O)OP(=O)(O)n1ccnc1. The van der Waals surface area contributed by atoms with Crippen LogP contribution in [-0.4, -0.2) is 124 Å². The first-order valence-electron chi connectivity index (χ1n) is 23.3. The zero-order chi connectivity index (χ0) is 58.1. The van der Waals surface area contributed by atoms with Crippen molar-refractivity contribution in [1.29, 1.82) is 0 Å². The highest BCUT2D eigenvalue weighted by Gasteiger charge is 2.49. The number of aliphatic hydroxyl groups is 2. The number of aliphatic hydroxyl groups excluding tert-OH is 2. The third kappa shape index (κ3) is 14.6. The molecule has 0 spiro atoms. The molecule has 11 N–H and O–H groups in total. The van der Waals surface area contributed by atoms with Crippen molar-refractivity contribution in [3.8, 4) is 23.3 Å². The maximum atomic E-state index is 12.8. The van der Waals surface area contributed by atoms with Crippen LogP contribution in [0.1, 0.15) is 26.3 Å². The Morgan fingerprint density at radius 2 is 1.07 bits per heavy atom. The first-order valence-corrected chi connectivity index (χ1v) is 30.1. The molecule has 7 heterocycles. The number of nitrogens with two attached hydrogens (primary N) is 2. The van der Waals surface area contributed by atoms with Crippen LogP contribution in [0.4, 0.5) is 11.9 Å². The fourth-order valence-electron chi connectivity index (χ4n) is 8.23. The molecule has 11 atom stereocenters. The van der Waals surface area contributed by atoms with E-state index in [1.807, 2.05) is 0 Å². The molecule has 0 bridgehead atoms. The van der Waals surface area contributed by atoms with Gasteiger partial charge in [-0.05, 0) is 48.5 Å². The maximum absolute atomic E-state index is 12.8. The molecule has 0 radical (unpaired) electrons. The van der Waals surface area contributed by atoms with E-state index < -0.39 is 105 Å². The molecule has 2 aromatic carbocycles. The van der Waals surface area contributed by atoms with E-state index >= 15 is 0 Å². The first-order chi connectivity index (χ1) is 37.6. The average molecular weight is 1240 g/mol. The number of anilines is 2. The second-order valence-corrected chi connectivity index (χ2v) is 24.6. The minimum Gasteiger partial charge on any atom is -0.856 e. The Morgan fingerprint density at radius 3 is 1.46 bits per heavy atom. The Hall–Kier alpha value is -5.47. The van der Waals surface area contributed by atoms with Gasteiger partial charge in [-0.15, -0.1) is 0 Å². The highest BCUT2D eigenvalue weighted by atomic mass is 35.5. The number of hydrogen-bond donors (Lipinski definition) is 9. The van der Waals surface area contributed by atoms with Gasteiger partial charge in [-0.2, -0.15) is 8.62 Å². The van der Waals surface area contributed by atoms with Crippen molar-refractivity contribution < 1.29 is 109 Å². The van der Waals surface area contributed by atoms with Crippen molar-refractivity contribution in [2.75, 3.05) is 37.9 Å². The Bertz CT molecular complexity index is 3510. The van der Waals surface area contributed by atoms with E-state index in [9.17, 15) is 53.4 Å². The molecule has 80 heavy (non-hydrogen) atoms. The van der Waals surface area contributed by atoms with Gasteiger partial charge in [0.25, 0.3) is 11.9 Å². The molecule has 39 heteroatoms. The van der Waals surface area contributed by atoms with Crippen LogP contribution in [0.15, 0.2) is 79.9 Å². The minimum atomic E-state index is -5.31. The smallest absolute Gasteiger partial charge is 0.481 e. The lowest BCUT2D eigenvalue weighted by Gasteiger charge is -2.19. The lowest BCUT2D eigenvalue weighted by atomic mass is 10.0. The zero-order valence-corrected chi connectivity index (χ0v) is 46.5. The van der Waals surface area contributed by atoms with E-state index in [1.54, 1.807) is 62.4 Å². The summed E-state index contributed by atoms with van der Waals surface area (Å²) >= 11 is 11.8. The van der Waals surface area contributed by atoms with Crippen LogP contribution in [0.5, 0.6) is 23.3 Å². The van der Waals surface area contributed by atoms with Gasteiger partial charge >= 0.3 is 42.5 Å². The normalized spacial score (nSPS) is 23.5.